The van der Waals surface area contributed by atoms with E-state index in [1.54, 1.807) is 12.4 Å². The fourth-order valence-corrected chi connectivity index (χ4v) is 2.40. The number of aliphatic imine (C=N–C) groups is 2. The van der Waals surface area contributed by atoms with Crippen molar-refractivity contribution in [2.24, 2.45) is 21.5 Å². The number of nitrogens with one attached hydrogen (secondary N) is 1. The van der Waals surface area contributed by atoms with Gasteiger partial charge in [-0.15, -0.1) is 0 Å². The average molecular weight is 360 g/mol. The van der Waals surface area contributed by atoms with Crippen molar-refractivity contribution in [2.75, 3.05) is 5.32 Å². The number of rotatable bonds is 8. The molecule has 27 heavy (non-hydrogen) atoms. The van der Waals surface area contributed by atoms with E-state index in [2.05, 4.69) is 40.2 Å². The van der Waals surface area contributed by atoms with E-state index >= 15 is 0 Å². The van der Waals surface area contributed by atoms with Crippen LogP contribution in [0.1, 0.15) is 24.5 Å². The average Bonchev–Trinajstić information content (AvgIpc) is 2.69. The van der Waals surface area contributed by atoms with Gasteiger partial charge in [0.25, 0.3) is 0 Å². The third-order valence-corrected chi connectivity index (χ3v) is 3.80. The van der Waals surface area contributed by atoms with Crippen LogP contribution in [0.4, 0.5) is 5.69 Å². The first kappa shape index (κ1) is 19.7. The van der Waals surface area contributed by atoms with E-state index in [0.717, 1.165) is 22.5 Å². The monoisotopic (exact) mass is 360 g/mol. The van der Waals surface area contributed by atoms with Crippen LogP contribution in [0.2, 0.25) is 0 Å². The van der Waals surface area contributed by atoms with Crippen molar-refractivity contribution in [3.63, 3.8) is 0 Å². The maximum atomic E-state index is 6.02. The van der Waals surface area contributed by atoms with E-state index in [-0.39, 0.29) is 5.82 Å². The van der Waals surface area contributed by atoms with Crippen molar-refractivity contribution in [2.45, 2.75) is 13.3 Å². The zero-order chi connectivity index (χ0) is 19.8. The molecule has 0 unspecified atom stereocenters. The van der Waals surface area contributed by atoms with E-state index < -0.39 is 0 Å². The van der Waals surface area contributed by atoms with Gasteiger partial charge in [-0.25, -0.2) is 9.98 Å². The number of anilines is 1. The van der Waals surface area contributed by atoms with Crippen molar-refractivity contribution in [1.29, 1.82) is 0 Å². The molecule has 2 aromatic rings. The van der Waals surface area contributed by atoms with Gasteiger partial charge < -0.3 is 16.8 Å². The highest BCUT2D eigenvalue weighted by molar-refractivity contribution is 6.01. The van der Waals surface area contributed by atoms with Crippen LogP contribution in [0.25, 0.3) is 5.70 Å². The van der Waals surface area contributed by atoms with Gasteiger partial charge in [-0.2, -0.15) is 0 Å². The molecule has 0 atom stereocenters. The lowest BCUT2D eigenvalue weighted by Gasteiger charge is -2.14. The number of aromatic nitrogens is 1. The number of pyridine rings is 1. The first-order valence-corrected chi connectivity index (χ1v) is 8.41. The lowest BCUT2D eigenvalue weighted by molar-refractivity contribution is 1.12. The molecule has 2 rings (SSSR count). The molecule has 1 aromatic carbocycles. The first-order valence-electron chi connectivity index (χ1n) is 8.41. The minimum Gasteiger partial charge on any atom is -0.399 e. The highest BCUT2D eigenvalue weighted by atomic mass is 15.0. The Balaban J connectivity index is 2.38. The van der Waals surface area contributed by atoms with E-state index in [1.807, 2.05) is 43.3 Å². The predicted octanol–water partition coefficient (Wildman–Crippen LogP) is 3.66. The van der Waals surface area contributed by atoms with Crippen LogP contribution in [-0.2, 0) is 0 Å². The normalized spacial score (nSPS) is 12.1. The van der Waals surface area contributed by atoms with Gasteiger partial charge in [0.2, 0.25) is 0 Å². The van der Waals surface area contributed by atoms with Gasteiger partial charge in [0.1, 0.15) is 5.70 Å². The van der Waals surface area contributed by atoms with E-state index in [0.29, 0.717) is 23.5 Å². The minimum absolute atomic E-state index is 0.182. The van der Waals surface area contributed by atoms with Gasteiger partial charge in [-0.05, 0) is 36.9 Å². The van der Waals surface area contributed by atoms with E-state index in [4.69, 9.17) is 11.5 Å². The first-order chi connectivity index (χ1) is 13.0. The number of benzene rings is 1. The summed E-state index contributed by atoms with van der Waals surface area (Å²) in [6.07, 6.45) is 4.16. The Morgan fingerprint density at radius 2 is 1.89 bits per heavy atom. The molecule has 0 aliphatic carbocycles. The summed E-state index contributed by atoms with van der Waals surface area (Å²) >= 11 is 0. The summed E-state index contributed by atoms with van der Waals surface area (Å²) in [7, 11) is 0. The molecule has 0 amide bonds. The van der Waals surface area contributed by atoms with Gasteiger partial charge in [0.15, 0.2) is 5.82 Å². The number of nitrogens with two attached hydrogens (primary N) is 2. The van der Waals surface area contributed by atoms with Gasteiger partial charge in [0.05, 0.1) is 5.70 Å². The Kier molecular flexibility index (Phi) is 6.66. The Hall–Kier alpha value is -3.67. The molecule has 0 saturated carbocycles. The van der Waals surface area contributed by atoms with Crippen LogP contribution in [0.3, 0.4) is 0 Å². The molecule has 1 heterocycles. The number of hydrogen-bond acceptors (Lipinski definition) is 6. The summed E-state index contributed by atoms with van der Waals surface area (Å²) in [5.74, 6) is 0.182. The van der Waals surface area contributed by atoms with E-state index in [1.165, 1.54) is 0 Å². The molecule has 0 bridgehead atoms. The maximum Gasteiger partial charge on any atom is 0.150 e. The number of hydrogen-bond donors (Lipinski definition) is 3. The van der Waals surface area contributed by atoms with Crippen molar-refractivity contribution in [3.05, 3.63) is 90.3 Å². The van der Waals surface area contributed by atoms with Crippen molar-refractivity contribution in [1.82, 2.24) is 4.98 Å². The Morgan fingerprint density at radius 1 is 1.15 bits per heavy atom. The summed E-state index contributed by atoms with van der Waals surface area (Å²) in [5.41, 5.74) is 16.5. The zero-order valence-electron chi connectivity index (χ0n) is 15.4. The molecule has 0 spiro atoms. The highest BCUT2D eigenvalue weighted by Crippen LogP contribution is 2.21. The quantitative estimate of drug-likeness (QED) is 0.494. The largest absolute Gasteiger partial charge is 0.399 e. The minimum atomic E-state index is 0.182. The van der Waals surface area contributed by atoms with Crippen molar-refractivity contribution >= 4 is 23.8 Å². The van der Waals surface area contributed by atoms with Crippen LogP contribution in [-0.4, -0.2) is 17.4 Å². The predicted molar refractivity (Wildman–Crippen MR) is 114 cm³/mol. The SMILES string of the molecule is C=N/C(N)=C(\N=C(/CC)c1cccnc1)C(=C)Nc1cccc(C(=C)N)c1. The summed E-state index contributed by atoms with van der Waals surface area (Å²) in [4.78, 5) is 12.7. The summed E-state index contributed by atoms with van der Waals surface area (Å²) in [6, 6.07) is 11.3. The maximum absolute atomic E-state index is 6.02. The van der Waals surface area contributed by atoms with Crippen LogP contribution in [0, 0.1) is 0 Å². The summed E-state index contributed by atoms with van der Waals surface area (Å²) in [5, 5.41) is 3.19. The topological polar surface area (TPSA) is 102 Å². The molecular formula is C21H24N6. The second-order valence-corrected chi connectivity index (χ2v) is 5.76. The van der Waals surface area contributed by atoms with Gasteiger partial charge in [0, 0.05) is 35.1 Å². The molecule has 1 aromatic heterocycles. The van der Waals surface area contributed by atoms with Crippen LogP contribution in [0.15, 0.2) is 89.1 Å². The Labute approximate surface area is 159 Å². The molecule has 0 aliphatic heterocycles. The lowest BCUT2D eigenvalue weighted by atomic mass is 10.1. The van der Waals surface area contributed by atoms with Gasteiger partial charge in [-0.1, -0.05) is 38.3 Å². The standard InChI is InChI=1S/C21H24N6/c1-5-19(17-9-7-11-25-13-17)27-20(21(23)24-4)15(3)26-18-10-6-8-16(12-18)14(2)22/h6-13,26H,2-5,22-23H2,1H3/b21-20-,27-19+. The van der Waals surface area contributed by atoms with Gasteiger partial charge >= 0.3 is 0 Å². The van der Waals surface area contributed by atoms with Crippen LogP contribution in [0.5, 0.6) is 0 Å². The molecule has 0 aliphatic rings. The lowest BCUT2D eigenvalue weighted by Crippen LogP contribution is -2.10. The smallest absolute Gasteiger partial charge is 0.150 e. The van der Waals surface area contributed by atoms with Crippen LogP contribution >= 0.6 is 0 Å². The summed E-state index contributed by atoms with van der Waals surface area (Å²) < 4.78 is 0. The molecule has 6 heteroatoms. The molecule has 0 saturated heterocycles. The van der Waals surface area contributed by atoms with Crippen LogP contribution < -0.4 is 16.8 Å². The molecule has 0 radical (unpaired) electrons. The third-order valence-electron chi connectivity index (χ3n) is 3.80. The molecule has 6 nitrogen and oxygen atoms in total. The molecule has 0 fully saturated rings. The fourth-order valence-electron chi connectivity index (χ4n) is 2.40. The van der Waals surface area contributed by atoms with Crippen molar-refractivity contribution in [3.8, 4) is 0 Å². The van der Waals surface area contributed by atoms with Gasteiger partial charge in [-0.3, -0.25) is 4.98 Å². The zero-order valence-corrected chi connectivity index (χ0v) is 15.4. The number of nitrogens with zero attached hydrogens (tertiary/aromatic N) is 3. The van der Waals surface area contributed by atoms with E-state index in [9.17, 15) is 0 Å². The second-order valence-electron chi connectivity index (χ2n) is 5.76. The highest BCUT2D eigenvalue weighted by Gasteiger charge is 2.11. The Bertz CT molecular complexity index is 909. The van der Waals surface area contributed by atoms with Crippen molar-refractivity contribution < 1.29 is 0 Å². The third kappa shape index (κ3) is 5.15. The summed E-state index contributed by atoms with van der Waals surface area (Å²) in [6.45, 7) is 13.3. The molecular weight excluding hydrogens is 336 g/mol. The Morgan fingerprint density at radius 3 is 2.48 bits per heavy atom. The fraction of sp³-hybridized carbons (Fsp3) is 0.0952. The molecule has 5 N–H and O–H groups in total. The second kappa shape index (κ2) is 9.15. The molecule has 138 valence electrons.